The van der Waals surface area contributed by atoms with E-state index >= 15 is 0 Å². The molecule has 2 heterocycles. The minimum atomic E-state index is -1.04. The van der Waals surface area contributed by atoms with Gasteiger partial charge in [-0.1, -0.05) is 6.92 Å². The molecule has 1 unspecified atom stereocenters. The molecule has 28 heavy (non-hydrogen) atoms. The maximum Gasteiger partial charge on any atom is 0.326 e. The predicted octanol–water partition coefficient (Wildman–Crippen LogP) is 2.60. The Balaban J connectivity index is 1.88. The summed E-state index contributed by atoms with van der Waals surface area (Å²) in [4.78, 5) is 28.7. The minimum absolute atomic E-state index is 0.0643. The number of carboxylic acid groups (broad SMARTS) is 1. The lowest BCUT2D eigenvalue weighted by atomic mass is 10.1. The van der Waals surface area contributed by atoms with Crippen LogP contribution < -0.4 is 14.8 Å². The van der Waals surface area contributed by atoms with Gasteiger partial charge >= 0.3 is 5.97 Å². The van der Waals surface area contributed by atoms with Gasteiger partial charge in [0.25, 0.3) is 0 Å². The number of carbonyl (C=O) groups is 2. The van der Waals surface area contributed by atoms with Crippen LogP contribution >= 0.6 is 11.3 Å². The maximum absolute atomic E-state index is 12.2. The van der Waals surface area contributed by atoms with Crippen LogP contribution in [0.5, 0.6) is 11.5 Å². The summed E-state index contributed by atoms with van der Waals surface area (Å²) in [6.45, 7) is 1.71. The quantitative estimate of drug-likeness (QED) is 0.599. The van der Waals surface area contributed by atoms with Gasteiger partial charge < -0.3 is 19.9 Å². The molecular weight excluding hydrogens is 382 g/mol. The standard InChI is InChI=1S/C19H21N3O5S/c1-4-14(18(24)25)20-17(23)7-11-10-28-19-21-15(9-22(11)19)13-8-12(26-2)5-6-16(13)27-3/h5-6,8-10,14H,4,7H2,1-3H3,(H,20,23)(H,24,25). The third-order valence-electron chi connectivity index (χ3n) is 4.35. The van der Waals surface area contributed by atoms with E-state index in [2.05, 4.69) is 10.3 Å². The number of hydrogen-bond donors (Lipinski definition) is 2. The van der Waals surface area contributed by atoms with Crippen LogP contribution in [0.4, 0.5) is 0 Å². The summed E-state index contributed by atoms with van der Waals surface area (Å²) in [5, 5.41) is 13.5. The number of aromatic nitrogens is 2. The van der Waals surface area contributed by atoms with Crippen molar-refractivity contribution in [1.82, 2.24) is 14.7 Å². The lowest BCUT2D eigenvalue weighted by molar-refractivity contribution is -0.141. The summed E-state index contributed by atoms with van der Waals surface area (Å²) in [6.07, 6.45) is 2.22. The number of nitrogens with zero attached hydrogens (tertiary/aromatic N) is 2. The Morgan fingerprint density at radius 2 is 2.11 bits per heavy atom. The Morgan fingerprint density at radius 3 is 2.75 bits per heavy atom. The SMILES string of the molecule is CCC(NC(=O)Cc1csc2nc(-c3cc(OC)ccc3OC)cn12)C(=O)O. The van der Waals surface area contributed by atoms with Crippen LogP contribution in [0.25, 0.3) is 16.2 Å². The van der Waals surface area contributed by atoms with Gasteiger partial charge in [-0.15, -0.1) is 11.3 Å². The number of aliphatic carboxylic acids is 1. The van der Waals surface area contributed by atoms with E-state index in [9.17, 15) is 9.59 Å². The minimum Gasteiger partial charge on any atom is -0.497 e. The first-order valence-corrected chi connectivity index (χ1v) is 9.54. The largest absolute Gasteiger partial charge is 0.497 e. The van der Waals surface area contributed by atoms with Crippen LogP contribution in [0.3, 0.4) is 0 Å². The number of hydrogen-bond acceptors (Lipinski definition) is 6. The number of ether oxygens (including phenoxy) is 2. The van der Waals surface area contributed by atoms with Gasteiger partial charge in [0.05, 0.1) is 26.3 Å². The monoisotopic (exact) mass is 403 g/mol. The Labute approximate surface area is 165 Å². The van der Waals surface area contributed by atoms with Crippen molar-refractivity contribution in [3.05, 3.63) is 35.5 Å². The van der Waals surface area contributed by atoms with Crippen LogP contribution in [-0.4, -0.2) is 46.6 Å². The molecule has 0 spiro atoms. The van der Waals surface area contributed by atoms with Gasteiger partial charge in [0, 0.05) is 22.8 Å². The molecule has 0 aliphatic carbocycles. The highest BCUT2D eigenvalue weighted by atomic mass is 32.1. The number of rotatable bonds is 8. The van der Waals surface area contributed by atoms with Crippen LogP contribution in [-0.2, 0) is 16.0 Å². The van der Waals surface area contributed by atoms with Gasteiger partial charge in [-0.2, -0.15) is 0 Å². The van der Waals surface area contributed by atoms with E-state index in [4.69, 9.17) is 14.6 Å². The summed E-state index contributed by atoms with van der Waals surface area (Å²) in [5.74, 6) is -0.0337. The number of nitrogens with one attached hydrogen (secondary N) is 1. The number of amides is 1. The molecule has 0 radical (unpaired) electrons. The summed E-state index contributed by atoms with van der Waals surface area (Å²) in [7, 11) is 3.18. The van der Waals surface area contributed by atoms with E-state index in [0.717, 1.165) is 16.2 Å². The molecule has 1 aromatic carbocycles. The Morgan fingerprint density at radius 1 is 1.32 bits per heavy atom. The second-order valence-corrected chi connectivity index (χ2v) is 6.95. The molecule has 2 N–H and O–H groups in total. The molecule has 0 saturated carbocycles. The fourth-order valence-electron chi connectivity index (χ4n) is 2.85. The molecule has 0 aliphatic rings. The van der Waals surface area contributed by atoms with Gasteiger partial charge in [-0.05, 0) is 24.6 Å². The lowest BCUT2D eigenvalue weighted by Gasteiger charge is -2.11. The van der Waals surface area contributed by atoms with E-state index < -0.39 is 12.0 Å². The van der Waals surface area contributed by atoms with Crippen molar-refractivity contribution in [2.75, 3.05) is 14.2 Å². The predicted molar refractivity (Wildman–Crippen MR) is 105 cm³/mol. The third-order valence-corrected chi connectivity index (χ3v) is 5.24. The number of benzene rings is 1. The molecule has 2 aromatic heterocycles. The second kappa shape index (κ2) is 8.30. The normalized spacial score (nSPS) is 12.0. The highest BCUT2D eigenvalue weighted by molar-refractivity contribution is 7.15. The van der Waals surface area contributed by atoms with Crippen LogP contribution in [0.2, 0.25) is 0 Å². The molecule has 0 saturated heterocycles. The van der Waals surface area contributed by atoms with Crippen molar-refractivity contribution >= 4 is 28.2 Å². The van der Waals surface area contributed by atoms with Gasteiger partial charge in [-0.3, -0.25) is 9.20 Å². The fourth-order valence-corrected chi connectivity index (χ4v) is 3.72. The van der Waals surface area contributed by atoms with Gasteiger partial charge in [-0.25, -0.2) is 9.78 Å². The number of methoxy groups -OCH3 is 2. The highest BCUT2D eigenvalue weighted by Crippen LogP contribution is 2.34. The number of fused-ring (bicyclic) bond motifs is 1. The summed E-state index contributed by atoms with van der Waals surface area (Å²) in [6, 6.07) is 4.58. The third kappa shape index (κ3) is 3.94. The highest BCUT2D eigenvalue weighted by Gasteiger charge is 2.20. The summed E-state index contributed by atoms with van der Waals surface area (Å²) < 4.78 is 12.5. The molecular formula is C19H21N3O5S. The van der Waals surface area contributed by atoms with E-state index in [-0.39, 0.29) is 12.3 Å². The lowest BCUT2D eigenvalue weighted by Crippen LogP contribution is -2.41. The van der Waals surface area contributed by atoms with E-state index in [1.54, 1.807) is 21.1 Å². The first-order chi connectivity index (χ1) is 13.5. The van der Waals surface area contributed by atoms with Crippen molar-refractivity contribution in [2.24, 2.45) is 0 Å². The first-order valence-electron chi connectivity index (χ1n) is 8.66. The van der Waals surface area contributed by atoms with E-state index in [0.29, 0.717) is 23.6 Å². The molecule has 0 aliphatic heterocycles. The molecule has 0 fully saturated rings. The zero-order valence-corrected chi connectivity index (χ0v) is 16.6. The Bertz CT molecular complexity index is 1010. The van der Waals surface area contributed by atoms with Crippen LogP contribution in [0.1, 0.15) is 19.0 Å². The molecule has 9 heteroatoms. The summed E-state index contributed by atoms with van der Waals surface area (Å²) >= 11 is 1.41. The second-order valence-electron chi connectivity index (χ2n) is 6.12. The fraction of sp³-hybridized carbons (Fsp3) is 0.316. The Hall–Kier alpha value is -3.07. The zero-order valence-electron chi connectivity index (χ0n) is 15.8. The van der Waals surface area contributed by atoms with Gasteiger partial charge in [0.15, 0.2) is 4.96 Å². The van der Waals surface area contributed by atoms with Crippen molar-refractivity contribution in [3.8, 4) is 22.8 Å². The summed E-state index contributed by atoms with van der Waals surface area (Å²) in [5.41, 5.74) is 2.21. The van der Waals surface area contributed by atoms with Gasteiger partial charge in [0.1, 0.15) is 17.5 Å². The van der Waals surface area contributed by atoms with Crippen molar-refractivity contribution in [3.63, 3.8) is 0 Å². The smallest absolute Gasteiger partial charge is 0.326 e. The average molecular weight is 403 g/mol. The van der Waals surface area contributed by atoms with Gasteiger partial charge in [0.2, 0.25) is 5.91 Å². The molecule has 3 rings (SSSR count). The molecule has 148 valence electrons. The van der Waals surface area contributed by atoms with E-state index in [1.807, 2.05) is 34.2 Å². The molecule has 1 amide bonds. The molecule has 0 bridgehead atoms. The van der Waals surface area contributed by atoms with Crippen LogP contribution in [0.15, 0.2) is 29.8 Å². The van der Waals surface area contributed by atoms with Crippen LogP contribution in [0, 0.1) is 0 Å². The topological polar surface area (TPSA) is 102 Å². The number of thiazole rings is 1. The molecule has 8 nitrogen and oxygen atoms in total. The molecule has 1 atom stereocenters. The Kier molecular flexibility index (Phi) is 5.84. The maximum atomic E-state index is 12.2. The zero-order chi connectivity index (χ0) is 20.3. The van der Waals surface area contributed by atoms with Crippen molar-refractivity contribution in [2.45, 2.75) is 25.8 Å². The van der Waals surface area contributed by atoms with Crippen molar-refractivity contribution < 1.29 is 24.2 Å². The number of carbonyl (C=O) groups excluding carboxylic acids is 1. The first kappa shape index (κ1) is 19.7. The van der Waals surface area contributed by atoms with E-state index in [1.165, 1.54) is 11.3 Å². The van der Waals surface area contributed by atoms with Crippen molar-refractivity contribution in [1.29, 1.82) is 0 Å². The average Bonchev–Trinajstić information content (AvgIpc) is 3.27. The molecule has 3 aromatic rings. The number of carboxylic acids is 1. The number of imidazole rings is 1.